The first kappa shape index (κ1) is 74.0. The van der Waals surface area contributed by atoms with E-state index in [9.17, 15) is 53.8 Å². The van der Waals surface area contributed by atoms with Crippen LogP contribution < -0.4 is 31.9 Å². The summed E-state index contributed by atoms with van der Waals surface area (Å²) in [4.78, 5) is 124. The van der Waals surface area contributed by atoms with Gasteiger partial charge in [0.2, 0.25) is 0 Å². The quantitative estimate of drug-likeness (QED) is 0.0268. The standard InChI is InChI=1S/C58H91N9O22/c1-30(68)78-37(25-26-60-49(73)85-54(3,4)5)45(71)63-35-27-36(65-52(76)88-57(12,13)14)42(83-47-34(64-51(75)87-56(9,10)11)24-23-33(80-47)28-61-50(74)86-55(6,7)8)40(70)41(35)84-48-44(79-31(2)69)39(66-53(77)89-58(15,16)17)43(38(81-48)29-62-67-59)82-46(72)32-21-19-18-20-22-32/h18-22,33-44,47-48,70H,23-29H2,1-17H3,(H,60,73)(H,61,74)(H,63,71)(H,64,75)(H,65,76)(H,66,77)/t33?,34?,35-,36?,37+,38?,39+,40?,41-,42?,43+,44-,47+,48?/m1/s1. The van der Waals surface area contributed by atoms with Crippen LogP contribution in [-0.4, -0.2) is 193 Å². The number of hydrogen-bond acceptors (Lipinski definition) is 23. The smallest absolute Gasteiger partial charge is 0.408 e. The summed E-state index contributed by atoms with van der Waals surface area (Å²) in [5.74, 6) is -3.94. The second-order valence-electron chi connectivity index (χ2n) is 26.4. The van der Waals surface area contributed by atoms with E-state index in [2.05, 4.69) is 41.9 Å². The van der Waals surface area contributed by atoms with Gasteiger partial charge < -0.3 is 93.8 Å². The first-order chi connectivity index (χ1) is 41.1. The maximum absolute atomic E-state index is 14.7. The fourth-order valence-corrected chi connectivity index (χ4v) is 9.32. The molecule has 0 radical (unpaired) electrons. The van der Waals surface area contributed by atoms with E-state index in [-0.39, 0.29) is 37.9 Å². The van der Waals surface area contributed by atoms with Crippen LogP contribution in [0.3, 0.4) is 0 Å². The van der Waals surface area contributed by atoms with Crippen LogP contribution >= 0.6 is 0 Å². The monoisotopic (exact) mass is 1270 g/mol. The minimum Gasteiger partial charge on any atom is -0.455 e. The predicted molar refractivity (Wildman–Crippen MR) is 312 cm³/mol. The highest BCUT2D eigenvalue weighted by Crippen LogP contribution is 2.36. The molecule has 2 saturated heterocycles. The molecule has 2 aliphatic heterocycles. The Morgan fingerprint density at radius 2 is 1.09 bits per heavy atom. The van der Waals surface area contributed by atoms with E-state index in [1.54, 1.807) is 122 Å². The van der Waals surface area contributed by atoms with Crippen molar-refractivity contribution in [2.24, 2.45) is 5.11 Å². The van der Waals surface area contributed by atoms with Gasteiger partial charge in [-0.1, -0.05) is 23.3 Å². The van der Waals surface area contributed by atoms with Crippen LogP contribution in [-0.2, 0) is 71.2 Å². The second-order valence-corrected chi connectivity index (χ2v) is 26.4. The molecule has 2 heterocycles. The lowest BCUT2D eigenvalue weighted by atomic mass is 9.83. The average molecular weight is 1270 g/mol. The van der Waals surface area contributed by atoms with Gasteiger partial charge >= 0.3 is 48.4 Å². The Labute approximate surface area is 517 Å². The minimum atomic E-state index is -2.14. The van der Waals surface area contributed by atoms with Gasteiger partial charge in [0.05, 0.1) is 36.3 Å². The Bertz CT molecular complexity index is 2640. The first-order valence-electron chi connectivity index (χ1n) is 29.2. The van der Waals surface area contributed by atoms with E-state index >= 15 is 0 Å². The summed E-state index contributed by atoms with van der Waals surface area (Å²) in [6.45, 7) is 25.2. The molecule has 0 bridgehead atoms. The van der Waals surface area contributed by atoms with Crippen LogP contribution in [0.25, 0.3) is 10.4 Å². The molecule has 3 aliphatic rings. The minimum absolute atomic E-state index is 0.0294. The van der Waals surface area contributed by atoms with Crippen LogP contribution in [0.4, 0.5) is 24.0 Å². The molecule has 14 atom stereocenters. The summed E-state index contributed by atoms with van der Waals surface area (Å²) >= 11 is 0. The molecular weight excluding hydrogens is 1170 g/mol. The summed E-state index contributed by atoms with van der Waals surface area (Å²) in [6, 6.07) is 1.79. The number of benzene rings is 1. The predicted octanol–water partition coefficient (Wildman–Crippen LogP) is 5.75. The van der Waals surface area contributed by atoms with Gasteiger partial charge in [-0.15, -0.1) is 0 Å². The Balaban J connectivity index is 1.97. The fraction of sp³-hybridized carbons (Fsp3) is 0.741. The van der Waals surface area contributed by atoms with Crippen LogP contribution in [0.5, 0.6) is 0 Å². The molecule has 0 aromatic heterocycles. The van der Waals surface area contributed by atoms with Crippen molar-refractivity contribution in [3.63, 3.8) is 0 Å². The number of nitrogens with zero attached hydrogens (tertiary/aromatic N) is 3. The molecule has 0 spiro atoms. The number of aliphatic hydroxyl groups is 1. The van der Waals surface area contributed by atoms with E-state index in [4.69, 9.17) is 56.8 Å². The topological polar surface area (TPSA) is 406 Å². The highest BCUT2D eigenvalue weighted by molar-refractivity contribution is 5.89. The Morgan fingerprint density at radius 1 is 0.596 bits per heavy atom. The molecular formula is C58H91N9O22. The zero-order valence-corrected chi connectivity index (χ0v) is 53.8. The number of ether oxygens (including phenoxy) is 12. The Hall–Kier alpha value is -7.44. The van der Waals surface area contributed by atoms with Gasteiger partial charge in [0, 0.05) is 38.3 Å². The molecule has 4 rings (SSSR count). The highest BCUT2D eigenvalue weighted by Gasteiger charge is 2.56. The molecule has 1 aromatic rings. The molecule has 7 unspecified atom stereocenters. The molecule has 31 heteroatoms. The van der Waals surface area contributed by atoms with E-state index < -0.39 is 181 Å². The number of rotatable bonds is 20. The van der Waals surface area contributed by atoms with Crippen molar-refractivity contribution in [2.45, 2.75) is 257 Å². The molecule has 7 N–H and O–H groups in total. The largest absolute Gasteiger partial charge is 0.455 e. The number of carbonyl (C=O) groups is 9. The Morgan fingerprint density at radius 3 is 1.61 bits per heavy atom. The van der Waals surface area contributed by atoms with Crippen molar-refractivity contribution in [1.82, 2.24) is 31.9 Å². The normalized spacial score (nSPS) is 25.9. The zero-order chi connectivity index (χ0) is 67.0. The van der Waals surface area contributed by atoms with E-state index in [1.807, 2.05) is 0 Å². The number of hydrogen-bond donors (Lipinski definition) is 7. The highest BCUT2D eigenvalue weighted by atomic mass is 16.7. The third kappa shape index (κ3) is 26.3. The number of nitrogens with one attached hydrogen (secondary N) is 6. The van der Waals surface area contributed by atoms with Gasteiger partial charge in [-0.3, -0.25) is 14.4 Å². The lowest BCUT2D eigenvalue weighted by Crippen LogP contribution is -2.71. The number of esters is 3. The number of alkyl carbamates (subject to hydrolysis) is 5. The summed E-state index contributed by atoms with van der Waals surface area (Å²) in [7, 11) is 0. The van der Waals surface area contributed by atoms with Crippen LogP contribution in [0.2, 0.25) is 0 Å². The van der Waals surface area contributed by atoms with Gasteiger partial charge in [0.25, 0.3) is 5.91 Å². The van der Waals surface area contributed by atoms with Crippen LogP contribution in [0.1, 0.15) is 154 Å². The molecule has 1 aliphatic carbocycles. The number of azide groups is 1. The summed E-state index contributed by atoms with van der Waals surface area (Å²) < 4.78 is 71.4. The number of amides is 6. The van der Waals surface area contributed by atoms with Crippen molar-refractivity contribution >= 4 is 54.3 Å². The van der Waals surface area contributed by atoms with E-state index in [0.29, 0.717) is 0 Å². The van der Waals surface area contributed by atoms with Gasteiger partial charge in [-0.2, -0.15) is 0 Å². The van der Waals surface area contributed by atoms with E-state index in [1.165, 1.54) is 12.1 Å². The molecule has 1 aromatic carbocycles. The van der Waals surface area contributed by atoms with Crippen molar-refractivity contribution in [3.8, 4) is 0 Å². The number of carbonyl (C=O) groups excluding carboxylic acids is 9. The van der Waals surface area contributed by atoms with Gasteiger partial charge in [0.1, 0.15) is 58.5 Å². The summed E-state index contributed by atoms with van der Waals surface area (Å²) in [6.07, 6.45) is -22.4. The van der Waals surface area contributed by atoms with Crippen LogP contribution in [0, 0.1) is 0 Å². The summed E-state index contributed by atoms with van der Waals surface area (Å²) in [5, 5.41) is 32.8. The second kappa shape index (κ2) is 31.8. The average Bonchev–Trinajstić information content (AvgIpc) is 1.78. The van der Waals surface area contributed by atoms with Gasteiger partial charge in [0.15, 0.2) is 30.9 Å². The van der Waals surface area contributed by atoms with Crippen molar-refractivity contribution in [3.05, 3.63) is 46.3 Å². The molecule has 1 saturated carbocycles. The van der Waals surface area contributed by atoms with E-state index in [0.717, 1.165) is 13.8 Å². The van der Waals surface area contributed by atoms with Crippen molar-refractivity contribution < 1.29 is 105 Å². The molecule has 6 amide bonds. The molecule has 89 heavy (non-hydrogen) atoms. The lowest BCUT2D eigenvalue weighted by molar-refractivity contribution is -0.313. The van der Waals surface area contributed by atoms with Gasteiger partial charge in [-0.25, -0.2) is 28.8 Å². The molecule has 31 nitrogen and oxygen atoms in total. The van der Waals surface area contributed by atoms with Gasteiger partial charge in [-0.05, 0) is 141 Å². The zero-order valence-electron chi connectivity index (χ0n) is 53.8. The third-order valence-electron chi connectivity index (χ3n) is 12.5. The fourth-order valence-electron chi connectivity index (χ4n) is 9.32. The van der Waals surface area contributed by atoms with Crippen molar-refractivity contribution in [1.29, 1.82) is 0 Å². The SMILES string of the molecule is CC(=O)O[C@@H](CCNC(=O)OC(C)(C)C)C(=O)N[C@@H]1CC(NC(=O)OC(C)(C)C)C(O[C@@H]2OC(CNC(=O)OC(C)(C)C)CCC2NC(=O)OC(C)(C)C)C(O)[C@@H]1OC1OC(CN=[N+]=[N-])[C@H](OC(=O)c2ccccc2)[C@H](NC(=O)OC(C)(C)C)[C@H]1OC(C)=O. The van der Waals surface area contributed by atoms with Crippen LogP contribution in [0.15, 0.2) is 35.4 Å². The molecule has 500 valence electrons. The Kier molecular flexibility index (Phi) is 26.5. The third-order valence-corrected chi connectivity index (χ3v) is 12.5. The lowest BCUT2D eigenvalue weighted by Gasteiger charge is -2.50. The van der Waals surface area contributed by atoms with Crippen molar-refractivity contribution in [2.75, 3.05) is 19.6 Å². The maximum Gasteiger partial charge on any atom is 0.408 e. The summed E-state index contributed by atoms with van der Waals surface area (Å²) in [5.41, 5.74) is 4.66. The number of aliphatic hydroxyl groups excluding tert-OH is 1. The first-order valence-corrected chi connectivity index (χ1v) is 29.2. The maximum atomic E-state index is 14.7. The molecule has 3 fully saturated rings.